The summed E-state index contributed by atoms with van der Waals surface area (Å²) in [5.41, 5.74) is -0.0611. The monoisotopic (exact) mass is 386 g/mol. The highest BCUT2D eigenvalue weighted by Gasteiger charge is 2.53. The number of hydrogen-bond donors (Lipinski definition) is 0. The first-order valence-electron chi connectivity index (χ1n) is 11.3. The van der Waals surface area contributed by atoms with Crippen LogP contribution in [0.25, 0.3) is 0 Å². The summed E-state index contributed by atoms with van der Waals surface area (Å²) in [5, 5.41) is 8.86. The summed E-state index contributed by atoms with van der Waals surface area (Å²) in [4.78, 5) is 15.8. The Labute approximate surface area is 168 Å². The van der Waals surface area contributed by atoms with Gasteiger partial charge in [0.05, 0.1) is 0 Å². The molecule has 0 aromatic carbocycles. The number of amides is 1. The van der Waals surface area contributed by atoms with Crippen LogP contribution in [0.15, 0.2) is 6.33 Å². The third-order valence-electron chi connectivity index (χ3n) is 8.01. The second kappa shape index (κ2) is 7.12. The lowest BCUT2D eigenvalue weighted by molar-refractivity contribution is -0.142. The fraction of sp³-hybridized carbons (Fsp3) is 0.864. The molecule has 154 valence electrons. The number of aromatic nitrogens is 3. The van der Waals surface area contributed by atoms with Crippen molar-refractivity contribution in [3.8, 4) is 0 Å². The van der Waals surface area contributed by atoms with Crippen LogP contribution in [-0.2, 0) is 16.1 Å². The SMILES string of the molecule is CC1(C(=O)N2CC(c3nncn3CC3CC3)C3(CCOCC3)C2)CCCCC1. The quantitative estimate of drug-likeness (QED) is 0.796. The van der Waals surface area contributed by atoms with Gasteiger partial charge in [-0.2, -0.15) is 0 Å². The van der Waals surface area contributed by atoms with E-state index >= 15 is 0 Å². The maximum atomic E-state index is 13.6. The summed E-state index contributed by atoms with van der Waals surface area (Å²) in [6, 6.07) is 0. The summed E-state index contributed by atoms with van der Waals surface area (Å²) in [7, 11) is 0. The van der Waals surface area contributed by atoms with E-state index in [1.807, 2.05) is 6.33 Å². The molecule has 5 rings (SSSR count). The predicted octanol–water partition coefficient (Wildman–Crippen LogP) is 3.38. The van der Waals surface area contributed by atoms with Crippen LogP contribution in [0.3, 0.4) is 0 Å². The first-order valence-corrected chi connectivity index (χ1v) is 11.3. The highest BCUT2D eigenvalue weighted by Crippen LogP contribution is 2.51. The molecule has 2 saturated heterocycles. The molecule has 6 heteroatoms. The topological polar surface area (TPSA) is 60.2 Å². The largest absolute Gasteiger partial charge is 0.381 e. The van der Waals surface area contributed by atoms with Crippen molar-refractivity contribution in [1.29, 1.82) is 0 Å². The maximum absolute atomic E-state index is 13.6. The summed E-state index contributed by atoms with van der Waals surface area (Å²) >= 11 is 0. The molecule has 1 aromatic heterocycles. The lowest BCUT2D eigenvalue weighted by Gasteiger charge is -2.38. The molecular weight excluding hydrogens is 352 g/mol. The van der Waals surface area contributed by atoms with E-state index in [1.54, 1.807) is 0 Å². The number of carbonyl (C=O) groups is 1. The van der Waals surface area contributed by atoms with E-state index in [-0.39, 0.29) is 16.7 Å². The molecule has 4 aliphatic rings. The molecule has 2 saturated carbocycles. The van der Waals surface area contributed by atoms with Crippen molar-refractivity contribution in [3.63, 3.8) is 0 Å². The average molecular weight is 387 g/mol. The van der Waals surface area contributed by atoms with Crippen LogP contribution in [0.1, 0.15) is 76.5 Å². The van der Waals surface area contributed by atoms with E-state index in [4.69, 9.17) is 4.74 Å². The van der Waals surface area contributed by atoms with Gasteiger partial charge in [-0.05, 0) is 44.4 Å². The second-order valence-corrected chi connectivity index (χ2v) is 10.1. The van der Waals surface area contributed by atoms with Gasteiger partial charge in [-0.25, -0.2) is 0 Å². The number of nitrogens with zero attached hydrogens (tertiary/aromatic N) is 4. The minimum atomic E-state index is -0.165. The van der Waals surface area contributed by atoms with E-state index in [9.17, 15) is 4.79 Å². The molecule has 1 aromatic rings. The van der Waals surface area contributed by atoms with Gasteiger partial charge in [0.25, 0.3) is 0 Å². The minimum absolute atomic E-state index is 0.104. The number of carbonyl (C=O) groups excluding carboxylic acids is 1. The number of likely N-dealkylation sites (tertiary alicyclic amines) is 1. The Morgan fingerprint density at radius 3 is 2.64 bits per heavy atom. The first-order chi connectivity index (χ1) is 13.6. The molecule has 1 unspecified atom stereocenters. The van der Waals surface area contributed by atoms with E-state index in [2.05, 4.69) is 26.6 Å². The van der Waals surface area contributed by atoms with Gasteiger partial charge in [0, 0.05) is 49.6 Å². The molecule has 0 bridgehead atoms. The van der Waals surface area contributed by atoms with Crippen LogP contribution in [0.5, 0.6) is 0 Å². The predicted molar refractivity (Wildman–Crippen MR) is 106 cm³/mol. The summed E-state index contributed by atoms with van der Waals surface area (Å²) in [6.07, 6.45) is 12.3. The van der Waals surface area contributed by atoms with E-state index in [0.29, 0.717) is 5.91 Å². The molecule has 3 heterocycles. The van der Waals surface area contributed by atoms with Gasteiger partial charge in [0.15, 0.2) is 0 Å². The van der Waals surface area contributed by atoms with E-state index in [0.717, 1.165) is 70.3 Å². The molecule has 1 amide bonds. The Bertz CT molecular complexity index is 714. The molecule has 2 aliphatic heterocycles. The van der Waals surface area contributed by atoms with Gasteiger partial charge in [0.1, 0.15) is 12.2 Å². The van der Waals surface area contributed by atoms with Gasteiger partial charge in [-0.15, -0.1) is 10.2 Å². The van der Waals surface area contributed by atoms with Crippen LogP contribution in [0.4, 0.5) is 0 Å². The maximum Gasteiger partial charge on any atom is 0.228 e. The highest BCUT2D eigenvalue weighted by molar-refractivity contribution is 5.83. The van der Waals surface area contributed by atoms with Gasteiger partial charge in [0.2, 0.25) is 5.91 Å². The zero-order chi connectivity index (χ0) is 19.2. The zero-order valence-electron chi connectivity index (χ0n) is 17.2. The Morgan fingerprint density at radius 2 is 1.93 bits per heavy atom. The van der Waals surface area contributed by atoms with E-state index < -0.39 is 0 Å². The molecule has 6 nitrogen and oxygen atoms in total. The standard InChI is InChI=1S/C22H34N4O2/c1-21(7-3-2-4-8-21)20(27)25-14-18(22(15-25)9-11-28-12-10-22)19-24-23-16-26(19)13-17-5-6-17/h16-18H,2-15H2,1H3. The fourth-order valence-corrected chi connectivity index (χ4v) is 5.94. The molecule has 1 spiro atoms. The third kappa shape index (κ3) is 3.27. The van der Waals surface area contributed by atoms with Crippen LogP contribution in [-0.4, -0.2) is 51.9 Å². The lowest BCUT2D eigenvalue weighted by atomic mass is 9.71. The van der Waals surface area contributed by atoms with Crippen LogP contribution < -0.4 is 0 Å². The van der Waals surface area contributed by atoms with E-state index in [1.165, 1.54) is 32.1 Å². The van der Waals surface area contributed by atoms with Crippen LogP contribution in [0, 0.1) is 16.7 Å². The van der Waals surface area contributed by atoms with Crippen molar-refractivity contribution in [2.75, 3.05) is 26.3 Å². The van der Waals surface area contributed by atoms with Crippen LogP contribution >= 0.6 is 0 Å². The van der Waals surface area contributed by atoms with Gasteiger partial charge >= 0.3 is 0 Å². The summed E-state index contributed by atoms with van der Waals surface area (Å²) < 4.78 is 8.00. The van der Waals surface area contributed by atoms with Crippen molar-refractivity contribution in [3.05, 3.63) is 12.2 Å². The highest BCUT2D eigenvalue weighted by atomic mass is 16.5. The Morgan fingerprint density at radius 1 is 1.18 bits per heavy atom. The van der Waals surface area contributed by atoms with Crippen molar-refractivity contribution < 1.29 is 9.53 Å². The summed E-state index contributed by atoms with van der Waals surface area (Å²) in [6.45, 7) is 6.51. The van der Waals surface area contributed by atoms with Gasteiger partial charge in [-0.3, -0.25) is 4.79 Å². The van der Waals surface area contributed by atoms with Gasteiger partial charge < -0.3 is 14.2 Å². The molecule has 28 heavy (non-hydrogen) atoms. The molecule has 2 aliphatic carbocycles. The minimum Gasteiger partial charge on any atom is -0.381 e. The molecule has 4 fully saturated rings. The number of rotatable bonds is 4. The smallest absolute Gasteiger partial charge is 0.228 e. The van der Waals surface area contributed by atoms with Crippen molar-refractivity contribution in [2.45, 2.75) is 77.2 Å². The first kappa shape index (κ1) is 18.6. The number of ether oxygens (including phenoxy) is 1. The normalized spacial score (nSPS) is 29.3. The fourth-order valence-electron chi connectivity index (χ4n) is 5.94. The molecule has 0 N–H and O–H groups in total. The Hall–Kier alpha value is -1.43. The Kier molecular flexibility index (Phi) is 4.73. The average Bonchev–Trinajstić information content (AvgIpc) is 3.30. The van der Waals surface area contributed by atoms with Gasteiger partial charge in [-0.1, -0.05) is 26.2 Å². The Balaban J connectivity index is 1.42. The lowest BCUT2D eigenvalue weighted by Crippen LogP contribution is -2.44. The van der Waals surface area contributed by atoms with Crippen molar-refractivity contribution >= 4 is 5.91 Å². The van der Waals surface area contributed by atoms with Crippen molar-refractivity contribution in [1.82, 2.24) is 19.7 Å². The molecule has 1 atom stereocenters. The third-order valence-corrected chi connectivity index (χ3v) is 8.01. The summed E-state index contributed by atoms with van der Waals surface area (Å²) in [5.74, 6) is 2.57. The number of hydrogen-bond acceptors (Lipinski definition) is 4. The molecule has 0 radical (unpaired) electrons. The second-order valence-electron chi connectivity index (χ2n) is 10.1. The van der Waals surface area contributed by atoms with Crippen LogP contribution in [0.2, 0.25) is 0 Å². The molecular formula is C22H34N4O2. The van der Waals surface area contributed by atoms with Crippen molar-refractivity contribution in [2.24, 2.45) is 16.7 Å². The zero-order valence-corrected chi connectivity index (χ0v) is 17.2.